The number of amides is 2. The number of carbonyl (C=O) groups is 1. The molecule has 0 aliphatic carbocycles. The smallest absolute Gasteiger partial charge is 0.319 e. The molecule has 4 nitrogen and oxygen atoms in total. The van der Waals surface area contributed by atoms with Crippen LogP contribution >= 0.6 is 0 Å². The molecule has 0 radical (unpaired) electrons. The molecule has 4 heteroatoms. The molecule has 0 fully saturated rings. The highest BCUT2D eigenvalue weighted by Crippen LogP contribution is 2.16. The Balaban J connectivity index is 1.67. The molecule has 0 spiro atoms. The zero-order valence-electron chi connectivity index (χ0n) is 14.0. The van der Waals surface area contributed by atoms with E-state index in [0.29, 0.717) is 13.2 Å². The topological polar surface area (TPSA) is 50.4 Å². The predicted octanol–water partition coefficient (Wildman–Crippen LogP) is 4.20. The molecule has 122 valence electrons. The molecule has 2 aromatic carbocycles. The zero-order chi connectivity index (χ0) is 16.7. The Morgan fingerprint density at radius 2 is 1.70 bits per heavy atom. The van der Waals surface area contributed by atoms with Gasteiger partial charge in [0.2, 0.25) is 0 Å². The Hall–Kier alpha value is -2.49. The monoisotopic (exact) mass is 312 g/mol. The van der Waals surface area contributed by atoms with Gasteiger partial charge >= 0.3 is 6.03 Å². The molecular weight excluding hydrogens is 288 g/mol. The summed E-state index contributed by atoms with van der Waals surface area (Å²) in [4.78, 5) is 11.9. The van der Waals surface area contributed by atoms with E-state index in [1.165, 1.54) is 5.56 Å². The summed E-state index contributed by atoms with van der Waals surface area (Å²) in [6.45, 7) is 7.17. The summed E-state index contributed by atoms with van der Waals surface area (Å²) in [7, 11) is 0. The Kier molecular flexibility index (Phi) is 6.03. The largest absolute Gasteiger partial charge is 0.494 e. The number of urea groups is 1. The summed E-state index contributed by atoms with van der Waals surface area (Å²) in [5.74, 6) is 0.857. The highest BCUT2D eigenvalue weighted by Gasteiger charge is 2.04. The van der Waals surface area contributed by atoms with Gasteiger partial charge in [0, 0.05) is 12.2 Å². The number of benzene rings is 2. The van der Waals surface area contributed by atoms with Crippen LogP contribution in [0.1, 0.15) is 23.1 Å². The lowest BCUT2D eigenvalue weighted by atomic mass is 10.1. The van der Waals surface area contributed by atoms with Crippen LogP contribution in [0, 0.1) is 20.8 Å². The normalized spacial score (nSPS) is 10.2. The first-order chi connectivity index (χ1) is 11.0. The van der Waals surface area contributed by atoms with Crippen LogP contribution in [0.25, 0.3) is 0 Å². The van der Waals surface area contributed by atoms with Gasteiger partial charge in [-0.2, -0.15) is 0 Å². The fraction of sp³-hybridized carbons (Fsp3) is 0.316. The van der Waals surface area contributed by atoms with Crippen molar-refractivity contribution in [1.29, 1.82) is 0 Å². The molecule has 2 aromatic rings. The SMILES string of the molecule is Cc1ccc(OCCCNC(=O)Nc2cc(C)ccc2C)cc1. The third kappa shape index (κ3) is 5.66. The molecule has 0 unspecified atom stereocenters. The van der Waals surface area contributed by atoms with E-state index in [0.717, 1.165) is 29.0 Å². The average Bonchev–Trinajstić information content (AvgIpc) is 2.52. The second kappa shape index (κ2) is 8.22. The van der Waals surface area contributed by atoms with E-state index >= 15 is 0 Å². The third-order valence-corrected chi connectivity index (χ3v) is 3.54. The Morgan fingerprint density at radius 1 is 1.00 bits per heavy atom. The van der Waals surface area contributed by atoms with Crippen LogP contribution in [0.3, 0.4) is 0 Å². The van der Waals surface area contributed by atoms with Gasteiger partial charge in [-0.25, -0.2) is 4.79 Å². The maximum Gasteiger partial charge on any atom is 0.319 e. The molecule has 23 heavy (non-hydrogen) atoms. The molecule has 0 aliphatic heterocycles. The number of hydrogen-bond acceptors (Lipinski definition) is 2. The van der Waals surface area contributed by atoms with Crippen LogP contribution in [0.15, 0.2) is 42.5 Å². The number of nitrogens with one attached hydrogen (secondary N) is 2. The van der Waals surface area contributed by atoms with Crippen LogP contribution in [0.2, 0.25) is 0 Å². The molecule has 2 rings (SSSR count). The summed E-state index contributed by atoms with van der Waals surface area (Å²) < 4.78 is 5.62. The van der Waals surface area contributed by atoms with Crippen molar-refractivity contribution in [3.05, 3.63) is 59.2 Å². The minimum atomic E-state index is -0.186. The third-order valence-electron chi connectivity index (χ3n) is 3.54. The number of hydrogen-bond donors (Lipinski definition) is 2. The molecular formula is C19H24N2O2. The summed E-state index contributed by atoms with van der Waals surface area (Å²) in [5.41, 5.74) is 4.23. The molecule has 0 saturated heterocycles. The average molecular weight is 312 g/mol. The second-order valence-electron chi connectivity index (χ2n) is 5.71. The highest BCUT2D eigenvalue weighted by molar-refractivity contribution is 5.90. The quantitative estimate of drug-likeness (QED) is 0.785. The molecule has 0 atom stereocenters. The van der Waals surface area contributed by atoms with Gasteiger partial charge in [0.25, 0.3) is 0 Å². The lowest BCUT2D eigenvalue weighted by molar-refractivity contribution is 0.250. The number of aryl methyl sites for hydroxylation is 3. The van der Waals surface area contributed by atoms with Crippen molar-refractivity contribution in [2.45, 2.75) is 27.2 Å². The first kappa shape index (κ1) is 16.9. The van der Waals surface area contributed by atoms with Gasteiger partial charge in [-0.3, -0.25) is 0 Å². The Morgan fingerprint density at radius 3 is 2.43 bits per heavy atom. The van der Waals surface area contributed by atoms with E-state index in [4.69, 9.17) is 4.74 Å². The maximum atomic E-state index is 11.9. The number of carbonyl (C=O) groups excluding carboxylic acids is 1. The zero-order valence-corrected chi connectivity index (χ0v) is 14.0. The maximum absolute atomic E-state index is 11.9. The molecule has 0 aromatic heterocycles. The standard InChI is InChI=1S/C19H24N2O2/c1-14-6-9-17(10-7-14)23-12-4-11-20-19(22)21-18-13-15(2)5-8-16(18)3/h5-10,13H,4,11-12H2,1-3H3,(H2,20,21,22). The van der Waals surface area contributed by atoms with E-state index in [-0.39, 0.29) is 6.03 Å². The van der Waals surface area contributed by atoms with E-state index in [1.807, 2.05) is 63.2 Å². The molecule has 2 N–H and O–H groups in total. The fourth-order valence-corrected chi connectivity index (χ4v) is 2.14. The second-order valence-corrected chi connectivity index (χ2v) is 5.71. The van der Waals surface area contributed by atoms with E-state index in [1.54, 1.807) is 0 Å². The molecule has 0 aliphatic rings. The lowest BCUT2D eigenvalue weighted by Gasteiger charge is -2.11. The minimum Gasteiger partial charge on any atom is -0.494 e. The summed E-state index contributed by atoms with van der Waals surface area (Å²) in [5, 5.41) is 5.72. The van der Waals surface area contributed by atoms with Crippen molar-refractivity contribution < 1.29 is 9.53 Å². The van der Waals surface area contributed by atoms with Crippen molar-refractivity contribution in [3.8, 4) is 5.75 Å². The predicted molar refractivity (Wildman–Crippen MR) is 94.2 cm³/mol. The molecule has 0 saturated carbocycles. The van der Waals surface area contributed by atoms with Gasteiger partial charge in [0.05, 0.1) is 6.61 Å². The lowest BCUT2D eigenvalue weighted by Crippen LogP contribution is -2.30. The van der Waals surface area contributed by atoms with Crippen LogP contribution in [0.5, 0.6) is 5.75 Å². The van der Waals surface area contributed by atoms with Crippen molar-refractivity contribution in [3.63, 3.8) is 0 Å². The Bertz CT molecular complexity index is 651. The van der Waals surface area contributed by atoms with E-state index < -0.39 is 0 Å². The fourth-order valence-electron chi connectivity index (χ4n) is 2.14. The van der Waals surface area contributed by atoms with Gasteiger partial charge in [-0.05, 0) is 56.5 Å². The molecule has 0 bridgehead atoms. The summed E-state index contributed by atoms with van der Waals surface area (Å²) in [6.07, 6.45) is 0.758. The summed E-state index contributed by atoms with van der Waals surface area (Å²) >= 11 is 0. The van der Waals surface area contributed by atoms with E-state index in [2.05, 4.69) is 10.6 Å². The summed E-state index contributed by atoms with van der Waals surface area (Å²) in [6, 6.07) is 13.8. The van der Waals surface area contributed by atoms with Gasteiger partial charge < -0.3 is 15.4 Å². The number of rotatable bonds is 6. The van der Waals surface area contributed by atoms with Crippen molar-refractivity contribution in [1.82, 2.24) is 5.32 Å². The highest BCUT2D eigenvalue weighted by atomic mass is 16.5. The van der Waals surface area contributed by atoms with E-state index in [9.17, 15) is 4.79 Å². The molecule has 2 amide bonds. The van der Waals surface area contributed by atoms with Crippen LogP contribution in [-0.4, -0.2) is 19.2 Å². The van der Waals surface area contributed by atoms with Crippen LogP contribution < -0.4 is 15.4 Å². The number of ether oxygens (including phenoxy) is 1. The first-order valence-electron chi connectivity index (χ1n) is 7.86. The van der Waals surface area contributed by atoms with Gasteiger partial charge in [0.15, 0.2) is 0 Å². The van der Waals surface area contributed by atoms with Crippen LogP contribution in [0.4, 0.5) is 10.5 Å². The minimum absolute atomic E-state index is 0.186. The number of anilines is 1. The van der Waals surface area contributed by atoms with Crippen molar-refractivity contribution in [2.24, 2.45) is 0 Å². The molecule has 0 heterocycles. The van der Waals surface area contributed by atoms with Gasteiger partial charge in [0.1, 0.15) is 5.75 Å². The van der Waals surface area contributed by atoms with Gasteiger partial charge in [-0.1, -0.05) is 29.8 Å². The van der Waals surface area contributed by atoms with Crippen LogP contribution in [-0.2, 0) is 0 Å². The van der Waals surface area contributed by atoms with Crippen molar-refractivity contribution >= 4 is 11.7 Å². The van der Waals surface area contributed by atoms with Gasteiger partial charge in [-0.15, -0.1) is 0 Å². The van der Waals surface area contributed by atoms with Crippen molar-refractivity contribution in [2.75, 3.05) is 18.5 Å². The Labute approximate surface area is 137 Å². The first-order valence-corrected chi connectivity index (χ1v) is 7.86.